The fourth-order valence-corrected chi connectivity index (χ4v) is 4.93. The Kier molecular flexibility index (Phi) is 6.91. The molecule has 2 heterocycles. The number of hydrogen-bond donors (Lipinski definition) is 0. The summed E-state index contributed by atoms with van der Waals surface area (Å²) in [7, 11) is -1.95. The van der Waals surface area contributed by atoms with Crippen LogP contribution in [-0.4, -0.2) is 67.5 Å². The van der Waals surface area contributed by atoms with Gasteiger partial charge in [0.2, 0.25) is 5.91 Å². The molecule has 2 atom stereocenters. The van der Waals surface area contributed by atoms with Gasteiger partial charge < -0.3 is 14.1 Å². The third kappa shape index (κ3) is 5.72. The lowest BCUT2D eigenvalue weighted by molar-refractivity contribution is -0.138. The quantitative estimate of drug-likeness (QED) is 0.645. The van der Waals surface area contributed by atoms with E-state index in [1.807, 2.05) is 25.7 Å². The predicted molar refractivity (Wildman–Crippen MR) is 114 cm³/mol. The fraction of sp³-hybridized carbons (Fsp3) is 0.905. The second-order valence-corrected chi connectivity index (χ2v) is 15.5. The SMILES string of the molecule is CC(C)(C)OC(=O)N1C[C@H](O[Si](C)(C)C(C)(C)C)CC[C@@H]1C(=O)N1CCCC1. The molecule has 0 spiro atoms. The van der Waals surface area contributed by atoms with Gasteiger partial charge in [-0.3, -0.25) is 9.69 Å². The molecule has 0 radical (unpaired) electrons. The van der Waals surface area contributed by atoms with Gasteiger partial charge in [0.05, 0.1) is 6.10 Å². The third-order valence-corrected chi connectivity index (χ3v) is 10.7. The molecule has 2 rings (SSSR count). The van der Waals surface area contributed by atoms with Gasteiger partial charge >= 0.3 is 6.09 Å². The average molecular weight is 413 g/mol. The largest absolute Gasteiger partial charge is 0.444 e. The van der Waals surface area contributed by atoms with E-state index in [9.17, 15) is 9.59 Å². The molecule has 0 bridgehead atoms. The van der Waals surface area contributed by atoms with E-state index in [0.717, 1.165) is 32.4 Å². The lowest BCUT2D eigenvalue weighted by atomic mass is 9.99. The molecular weight excluding hydrogens is 372 g/mol. The number of carbonyl (C=O) groups excluding carboxylic acids is 2. The van der Waals surface area contributed by atoms with Crippen molar-refractivity contribution in [1.82, 2.24) is 9.80 Å². The number of amides is 2. The standard InChI is InChI=1S/C21H40N2O4Si/c1-20(2,3)26-19(25)23-15-16(27-28(7,8)21(4,5)6)11-12-17(23)18(24)22-13-9-10-14-22/h16-17H,9-15H2,1-8H3/t16-,17-/m1/s1. The van der Waals surface area contributed by atoms with Gasteiger partial charge in [0.15, 0.2) is 8.32 Å². The van der Waals surface area contributed by atoms with Crippen LogP contribution in [0.15, 0.2) is 0 Å². The number of rotatable bonds is 3. The zero-order chi connectivity index (χ0) is 21.3. The van der Waals surface area contributed by atoms with Crippen LogP contribution in [0.2, 0.25) is 18.1 Å². The Labute approximate surface area is 172 Å². The summed E-state index contributed by atoms with van der Waals surface area (Å²) in [6.45, 7) is 18.7. The molecule has 6 nitrogen and oxygen atoms in total. The zero-order valence-corrected chi connectivity index (χ0v) is 20.1. The molecule has 2 amide bonds. The summed E-state index contributed by atoms with van der Waals surface area (Å²) >= 11 is 0. The molecule has 28 heavy (non-hydrogen) atoms. The highest BCUT2D eigenvalue weighted by atomic mass is 28.4. The van der Waals surface area contributed by atoms with Crippen LogP contribution in [0.3, 0.4) is 0 Å². The van der Waals surface area contributed by atoms with E-state index in [1.54, 1.807) is 4.90 Å². The summed E-state index contributed by atoms with van der Waals surface area (Å²) in [4.78, 5) is 29.5. The van der Waals surface area contributed by atoms with E-state index in [0.29, 0.717) is 13.0 Å². The summed E-state index contributed by atoms with van der Waals surface area (Å²) in [5, 5.41) is 0.103. The van der Waals surface area contributed by atoms with Gasteiger partial charge in [0.25, 0.3) is 0 Å². The topological polar surface area (TPSA) is 59.1 Å². The Morgan fingerprint density at radius 2 is 1.54 bits per heavy atom. The fourth-order valence-electron chi connectivity index (χ4n) is 3.55. The summed E-state index contributed by atoms with van der Waals surface area (Å²) in [5.74, 6) is 0.0640. The van der Waals surface area contributed by atoms with Crippen LogP contribution in [-0.2, 0) is 14.0 Å². The molecule has 162 valence electrons. The first-order valence-electron chi connectivity index (χ1n) is 10.7. The van der Waals surface area contributed by atoms with Gasteiger partial charge in [-0.15, -0.1) is 0 Å². The van der Waals surface area contributed by atoms with Crippen molar-refractivity contribution in [2.75, 3.05) is 19.6 Å². The Hall–Kier alpha value is -1.08. The smallest absolute Gasteiger partial charge is 0.411 e. The molecule has 2 saturated heterocycles. The van der Waals surface area contributed by atoms with E-state index in [4.69, 9.17) is 9.16 Å². The van der Waals surface area contributed by atoms with Gasteiger partial charge in [-0.1, -0.05) is 20.8 Å². The van der Waals surface area contributed by atoms with Crippen LogP contribution in [0.5, 0.6) is 0 Å². The van der Waals surface area contributed by atoms with Gasteiger partial charge in [-0.05, 0) is 64.6 Å². The molecule has 2 aliphatic rings. The molecule has 0 aliphatic carbocycles. The summed E-state index contributed by atoms with van der Waals surface area (Å²) < 4.78 is 12.2. The van der Waals surface area contributed by atoms with E-state index >= 15 is 0 Å². The normalized spacial score (nSPS) is 24.4. The van der Waals surface area contributed by atoms with E-state index in [2.05, 4.69) is 33.9 Å². The zero-order valence-electron chi connectivity index (χ0n) is 19.1. The Morgan fingerprint density at radius 1 is 0.964 bits per heavy atom. The maximum Gasteiger partial charge on any atom is 0.411 e. The molecule has 0 N–H and O–H groups in total. The monoisotopic (exact) mass is 412 g/mol. The van der Waals surface area contributed by atoms with E-state index < -0.39 is 26.1 Å². The van der Waals surface area contributed by atoms with Crippen molar-refractivity contribution in [2.24, 2.45) is 0 Å². The first-order valence-corrected chi connectivity index (χ1v) is 13.6. The van der Waals surface area contributed by atoms with Crippen LogP contribution in [0.1, 0.15) is 67.2 Å². The summed E-state index contributed by atoms with van der Waals surface area (Å²) in [5.41, 5.74) is -0.592. The highest BCUT2D eigenvalue weighted by Crippen LogP contribution is 2.38. The highest BCUT2D eigenvalue weighted by Gasteiger charge is 2.44. The van der Waals surface area contributed by atoms with Crippen LogP contribution in [0.4, 0.5) is 4.79 Å². The van der Waals surface area contributed by atoms with Crippen molar-refractivity contribution in [3.05, 3.63) is 0 Å². The minimum atomic E-state index is -1.95. The number of hydrogen-bond acceptors (Lipinski definition) is 4. The first-order chi connectivity index (χ1) is 12.7. The molecule has 7 heteroatoms. The maximum atomic E-state index is 13.1. The van der Waals surface area contributed by atoms with Crippen molar-refractivity contribution in [2.45, 2.75) is 103 Å². The van der Waals surface area contributed by atoms with Gasteiger partial charge in [-0.2, -0.15) is 0 Å². The van der Waals surface area contributed by atoms with Crippen LogP contribution < -0.4 is 0 Å². The lowest BCUT2D eigenvalue weighted by Crippen LogP contribution is -2.58. The Bertz CT molecular complexity index is 574. The van der Waals surface area contributed by atoms with E-state index in [1.165, 1.54) is 0 Å². The number of ether oxygens (including phenoxy) is 1. The van der Waals surface area contributed by atoms with Crippen molar-refractivity contribution in [1.29, 1.82) is 0 Å². The number of piperidine rings is 1. The first kappa shape index (κ1) is 23.2. The van der Waals surface area contributed by atoms with Gasteiger partial charge in [0, 0.05) is 19.6 Å². The summed E-state index contributed by atoms with van der Waals surface area (Å²) in [6, 6.07) is -0.438. The molecule has 0 aromatic heterocycles. The number of nitrogens with zero attached hydrogens (tertiary/aromatic N) is 2. The molecule has 2 fully saturated rings. The van der Waals surface area contributed by atoms with Crippen molar-refractivity contribution in [3.63, 3.8) is 0 Å². The molecule has 0 unspecified atom stereocenters. The van der Waals surface area contributed by atoms with Gasteiger partial charge in [-0.25, -0.2) is 4.79 Å². The number of carbonyl (C=O) groups is 2. The van der Waals surface area contributed by atoms with Crippen molar-refractivity contribution >= 4 is 20.3 Å². The van der Waals surface area contributed by atoms with Crippen LogP contribution >= 0.6 is 0 Å². The molecule has 2 aliphatic heterocycles. The number of likely N-dealkylation sites (tertiary alicyclic amines) is 2. The minimum absolute atomic E-state index is 0.0453. The second kappa shape index (κ2) is 8.34. The molecular formula is C21H40N2O4Si. The second-order valence-electron chi connectivity index (χ2n) is 10.8. The summed E-state index contributed by atoms with van der Waals surface area (Å²) in [6.07, 6.45) is 3.07. The highest BCUT2D eigenvalue weighted by molar-refractivity contribution is 6.74. The minimum Gasteiger partial charge on any atom is -0.444 e. The predicted octanol–water partition coefficient (Wildman–Crippen LogP) is 4.40. The molecule has 0 saturated carbocycles. The van der Waals surface area contributed by atoms with E-state index in [-0.39, 0.29) is 17.0 Å². The lowest BCUT2D eigenvalue weighted by Gasteiger charge is -2.45. The maximum absolute atomic E-state index is 13.1. The Balaban J connectivity index is 2.17. The van der Waals surface area contributed by atoms with Gasteiger partial charge in [0.1, 0.15) is 11.6 Å². The average Bonchev–Trinajstić information content (AvgIpc) is 3.05. The van der Waals surface area contributed by atoms with Crippen LogP contribution in [0.25, 0.3) is 0 Å². The molecule has 0 aromatic carbocycles. The third-order valence-electron chi connectivity index (χ3n) is 6.14. The van der Waals surface area contributed by atoms with Crippen LogP contribution in [0, 0.1) is 0 Å². The van der Waals surface area contributed by atoms with Crippen molar-refractivity contribution in [3.8, 4) is 0 Å². The molecule has 0 aromatic rings. The van der Waals surface area contributed by atoms with Crippen molar-refractivity contribution < 1.29 is 18.8 Å². The Morgan fingerprint density at radius 3 is 2.04 bits per heavy atom.